The molecule has 9 rings (SSSR count). The fourth-order valence-electron chi connectivity index (χ4n) is 10.5. The summed E-state index contributed by atoms with van der Waals surface area (Å²) in [5.41, 5.74) is 8.42. The van der Waals surface area contributed by atoms with E-state index in [0.29, 0.717) is 17.5 Å². The van der Waals surface area contributed by atoms with Gasteiger partial charge >= 0.3 is 0 Å². The number of fused-ring (bicyclic) bond motifs is 8. The van der Waals surface area contributed by atoms with Crippen LogP contribution in [0.4, 0.5) is 0 Å². The minimum atomic E-state index is -0.128. The standard InChI is InChI=1S/C42H48N4O2S/c47-38-34-36(31-18-8-6-16-29(31)24-41(34)20-10-2-11-21-41)43-33(44-38)27-49-40-45-37-32-19-9-7-17-30(32)25-42(22-12-3-13-23-42)35(37)39(48)46(40)26-28-14-4-1-5-15-28/h6-9,16-19,28H,1-5,10-15,20-27H2,(H,43,44,47). The smallest absolute Gasteiger partial charge is 0.258 e. The van der Waals surface area contributed by atoms with E-state index >= 15 is 0 Å². The molecular weight excluding hydrogens is 625 g/mol. The normalized spacial score (nSPS) is 20.7. The predicted octanol–water partition coefficient (Wildman–Crippen LogP) is 9.05. The number of nitrogens with one attached hydrogen (secondary N) is 1. The average molecular weight is 673 g/mol. The first-order valence-corrected chi connectivity index (χ1v) is 20.1. The highest BCUT2D eigenvalue weighted by Crippen LogP contribution is 2.50. The number of nitrogens with zero attached hydrogens (tertiary/aromatic N) is 3. The summed E-state index contributed by atoms with van der Waals surface area (Å²) in [5.74, 6) is 1.62. The van der Waals surface area contributed by atoms with Crippen molar-refractivity contribution in [3.63, 3.8) is 0 Å². The van der Waals surface area contributed by atoms with Gasteiger partial charge in [-0.2, -0.15) is 0 Å². The lowest BCUT2D eigenvalue weighted by Crippen LogP contribution is -2.43. The lowest BCUT2D eigenvalue weighted by Gasteiger charge is -2.42. The van der Waals surface area contributed by atoms with Crippen LogP contribution in [0.25, 0.3) is 22.5 Å². The first kappa shape index (κ1) is 31.5. The molecule has 3 fully saturated rings. The maximum absolute atomic E-state index is 15.0. The molecule has 0 atom stereocenters. The zero-order chi connectivity index (χ0) is 33.0. The fourth-order valence-corrected chi connectivity index (χ4v) is 11.4. The summed E-state index contributed by atoms with van der Waals surface area (Å²) in [6.45, 7) is 0.725. The SMILES string of the molecule is O=c1[nH]c(CSc2nc3c(c(=O)n2CC2CCCCC2)C2(CCCCC2)Cc2ccccc2-3)nc2c1C1(CCCCC1)Cc1ccccc1-2. The summed E-state index contributed by atoms with van der Waals surface area (Å²) in [4.78, 5) is 43.0. The van der Waals surface area contributed by atoms with E-state index in [9.17, 15) is 9.59 Å². The summed E-state index contributed by atoms with van der Waals surface area (Å²) < 4.78 is 2.05. The van der Waals surface area contributed by atoms with Crippen molar-refractivity contribution in [1.29, 1.82) is 0 Å². The number of hydrogen-bond acceptors (Lipinski definition) is 5. The second kappa shape index (κ2) is 12.7. The van der Waals surface area contributed by atoms with E-state index in [1.807, 2.05) is 4.57 Å². The Morgan fingerprint density at radius 2 is 1.24 bits per heavy atom. The van der Waals surface area contributed by atoms with Crippen LogP contribution in [-0.2, 0) is 36.0 Å². The molecule has 49 heavy (non-hydrogen) atoms. The molecule has 0 saturated heterocycles. The van der Waals surface area contributed by atoms with Gasteiger partial charge in [0.15, 0.2) is 5.16 Å². The largest absolute Gasteiger partial charge is 0.310 e. The van der Waals surface area contributed by atoms with E-state index in [2.05, 4.69) is 53.5 Å². The van der Waals surface area contributed by atoms with Crippen LogP contribution in [0.1, 0.15) is 124 Å². The summed E-state index contributed by atoms with van der Waals surface area (Å²) in [5, 5.41) is 0.765. The van der Waals surface area contributed by atoms with Crippen LogP contribution in [0.5, 0.6) is 0 Å². The van der Waals surface area contributed by atoms with Crippen molar-refractivity contribution in [2.75, 3.05) is 0 Å². The third kappa shape index (κ3) is 5.46. The molecule has 2 heterocycles. The van der Waals surface area contributed by atoms with E-state index in [1.54, 1.807) is 11.8 Å². The van der Waals surface area contributed by atoms with Crippen molar-refractivity contribution in [1.82, 2.24) is 19.5 Å². The third-order valence-electron chi connectivity index (χ3n) is 12.9. The van der Waals surface area contributed by atoms with Crippen molar-refractivity contribution in [3.8, 4) is 22.5 Å². The van der Waals surface area contributed by atoms with Crippen molar-refractivity contribution in [2.45, 2.75) is 137 Å². The van der Waals surface area contributed by atoms with E-state index in [1.165, 1.54) is 68.9 Å². The van der Waals surface area contributed by atoms with Crippen LogP contribution in [0.3, 0.4) is 0 Å². The van der Waals surface area contributed by atoms with Gasteiger partial charge in [-0.1, -0.05) is 118 Å². The Morgan fingerprint density at radius 3 is 1.88 bits per heavy atom. The van der Waals surface area contributed by atoms with Gasteiger partial charge in [0.05, 0.1) is 28.3 Å². The maximum atomic E-state index is 15.0. The Bertz CT molecular complexity index is 2010. The Kier molecular flexibility index (Phi) is 8.17. The first-order chi connectivity index (χ1) is 24.0. The lowest BCUT2D eigenvalue weighted by molar-refractivity contribution is 0.274. The molecule has 1 N–H and O–H groups in total. The molecule has 0 aliphatic heterocycles. The van der Waals surface area contributed by atoms with Crippen LogP contribution in [-0.4, -0.2) is 19.5 Å². The number of hydrogen-bond donors (Lipinski definition) is 1. The molecular formula is C42H48N4O2S. The third-order valence-corrected chi connectivity index (χ3v) is 13.9. The predicted molar refractivity (Wildman–Crippen MR) is 197 cm³/mol. The number of rotatable bonds is 5. The Morgan fingerprint density at radius 1 is 0.694 bits per heavy atom. The highest BCUT2D eigenvalue weighted by atomic mass is 32.2. The maximum Gasteiger partial charge on any atom is 0.258 e. The highest BCUT2D eigenvalue weighted by Gasteiger charge is 2.45. The van der Waals surface area contributed by atoms with Crippen molar-refractivity contribution in [2.24, 2.45) is 5.92 Å². The molecule has 5 aliphatic carbocycles. The number of aromatic nitrogens is 4. The quantitative estimate of drug-likeness (QED) is 0.169. The van der Waals surface area contributed by atoms with Gasteiger partial charge in [-0.25, -0.2) is 9.97 Å². The molecule has 2 spiro atoms. The minimum absolute atomic E-state index is 0.0168. The van der Waals surface area contributed by atoms with Gasteiger partial charge in [-0.3, -0.25) is 14.2 Å². The van der Waals surface area contributed by atoms with E-state index in [-0.39, 0.29) is 21.9 Å². The summed E-state index contributed by atoms with van der Waals surface area (Å²) in [7, 11) is 0. The minimum Gasteiger partial charge on any atom is -0.310 e. The van der Waals surface area contributed by atoms with E-state index in [4.69, 9.17) is 9.97 Å². The van der Waals surface area contributed by atoms with Crippen LogP contribution in [0.15, 0.2) is 63.3 Å². The van der Waals surface area contributed by atoms with Crippen LogP contribution < -0.4 is 11.1 Å². The van der Waals surface area contributed by atoms with Crippen molar-refractivity contribution < 1.29 is 0 Å². The molecule has 0 unspecified atom stereocenters. The van der Waals surface area contributed by atoms with Crippen molar-refractivity contribution >= 4 is 11.8 Å². The highest BCUT2D eigenvalue weighted by molar-refractivity contribution is 7.98. The number of H-pyrrole nitrogens is 1. The van der Waals surface area contributed by atoms with Gasteiger partial charge < -0.3 is 4.98 Å². The summed E-state index contributed by atoms with van der Waals surface area (Å²) in [6, 6.07) is 17.2. The Labute approximate surface area is 293 Å². The molecule has 6 nitrogen and oxygen atoms in total. The van der Waals surface area contributed by atoms with Crippen LogP contribution in [0, 0.1) is 5.92 Å². The van der Waals surface area contributed by atoms with E-state index in [0.717, 1.165) is 96.7 Å². The van der Waals surface area contributed by atoms with Gasteiger partial charge in [0.1, 0.15) is 5.82 Å². The van der Waals surface area contributed by atoms with Gasteiger partial charge in [0.2, 0.25) is 0 Å². The van der Waals surface area contributed by atoms with Crippen LogP contribution >= 0.6 is 11.8 Å². The molecule has 5 aliphatic rings. The number of thioether (sulfide) groups is 1. The Hall–Kier alpha value is -3.45. The molecule has 2 aromatic heterocycles. The molecule has 0 amide bonds. The lowest BCUT2D eigenvalue weighted by atomic mass is 9.62. The molecule has 4 aromatic rings. The fraction of sp³-hybridized carbons (Fsp3) is 0.524. The zero-order valence-electron chi connectivity index (χ0n) is 28.7. The summed E-state index contributed by atoms with van der Waals surface area (Å²) >= 11 is 1.57. The zero-order valence-corrected chi connectivity index (χ0v) is 29.5. The topological polar surface area (TPSA) is 80.6 Å². The summed E-state index contributed by atoms with van der Waals surface area (Å²) in [6.07, 6.45) is 19.3. The first-order valence-electron chi connectivity index (χ1n) is 19.1. The average Bonchev–Trinajstić information content (AvgIpc) is 3.13. The number of benzene rings is 2. The molecule has 0 bridgehead atoms. The molecule has 2 aromatic carbocycles. The van der Waals surface area contributed by atoms with Gasteiger partial charge in [-0.05, 0) is 68.4 Å². The molecule has 3 saturated carbocycles. The van der Waals surface area contributed by atoms with E-state index < -0.39 is 0 Å². The van der Waals surface area contributed by atoms with Gasteiger partial charge in [0, 0.05) is 28.5 Å². The second-order valence-electron chi connectivity index (χ2n) is 15.9. The van der Waals surface area contributed by atoms with Gasteiger partial charge in [0.25, 0.3) is 11.1 Å². The van der Waals surface area contributed by atoms with Crippen LogP contribution in [0.2, 0.25) is 0 Å². The van der Waals surface area contributed by atoms with Gasteiger partial charge in [-0.15, -0.1) is 0 Å². The Balaban J connectivity index is 1.14. The number of aromatic amines is 1. The molecule has 0 radical (unpaired) electrons. The monoisotopic (exact) mass is 672 g/mol. The molecule has 254 valence electrons. The van der Waals surface area contributed by atoms with Crippen molar-refractivity contribution in [3.05, 3.63) is 97.3 Å². The second-order valence-corrected chi connectivity index (χ2v) is 16.9. The molecule has 7 heteroatoms.